The maximum Gasteiger partial charge on any atom is 0.226 e. The zero-order chi connectivity index (χ0) is 19.3. The lowest BCUT2D eigenvalue weighted by molar-refractivity contribution is -0.138. The molecule has 0 unspecified atom stereocenters. The van der Waals surface area contributed by atoms with Gasteiger partial charge in [-0.25, -0.2) is 4.39 Å². The van der Waals surface area contributed by atoms with E-state index in [1.807, 2.05) is 35.2 Å². The Bertz CT molecular complexity index is 906. The lowest BCUT2D eigenvalue weighted by atomic mass is 10.1. The van der Waals surface area contributed by atoms with Crippen molar-refractivity contribution >= 4 is 5.91 Å². The molecule has 6 heteroatoms. The van der Waals surface area contributed by atoms with Crippen molar-refractivity contribution in [3.63, 3.8) is 0 Å². The van der Waals surface area contributed by atoms with Gasteiger partial charge in [-0.15, -0.1) is 0 Å². The van der Waals surface area contributed by atoms with Gasteiger partial charge in [0.1, 0.15) is 17.7 Å². The molecule has 1 amide bonds. The van der Waals surface area contributed by atoms with Crippen LogP contribution in [0.2, 0.25) is 0 Å². The molecule has 1 spiro atoms. The highest BCUT2D eigenvalue weighted by Gasteiger charge is 2.64. The van der Waals surface area contributed by atoms with Crippen LogP contribution in [-0.2, 0) is 16.1 Å². The van der Waals surface area contributed by atoms with Crippen molar-refractivity contribution < 1.29 is 18.7 Å². The first kappa shape index (κ1) is 17.6. The Hall–Kier alpha value is -2.44. The number of likely N-dealkylation sites (tertiary alicyclic amines) is 1. The average Bonchev–Trinajstić information content (AvgIpc) is 3.33. The van der Waals surface area contributed by atoms with Crippen LogP contribution in [0.4, 0.5) is 4.39 Å². The number of amides is 1. The van der Waals surface area contributed by atoms with E-state index in [1.54, 1.807) is 19.2 Å². The molecule has 5 nitrogen and oxygen atoms in total. The lowest BCUT2D eigenvalue weighted by Crippen LogP contribution is -2.47. The molecular weight excluding hydrogens is 359 g/mol. The van der Waals surface area contributed by atoms with Crippen LogP contribution in [0.25, 0.3) is 0 Å². The fourth-order valence-corrected chi connectivity index (χ4v) is 5.03. The van der Waals surface area contributed by atoms with Gasteiger partial charge in [-0.2, -0.15) is 0 Å². The summed E-state index contributed by atoms with van der Waals surface area (Å²) in [5, 5.41) is 0. The summed E-state index contributed by atoms with van der Waals surface area (Å²) in [4.78, 5) is 16.8. The number of hydrogen-bond acceptors (Lipinski definition) is 4. The van der Waals surface area contributed by atoms with Gasteiger partial charge in [0.25, 0.3) is 0 Å². The van der Waals surface area contributed by atoms with Crippen LogP contribution in [-0.4, -0.2) is 47.7 Å². The van der Waals surface area contributed by atoms with Crippen molar-refractivity contribution in [2.75, 3.05) is 20.2 Å². The van der Waals surface area contributed by atoms with Gasteiger partial charge in [0.15, 0.2) is 5.72 Å². The third-order valence-electron chi connectivity index (χ3n) is 6.37. The predicted molar refractivity (Wildman–Crippen MR) is 101 cm³/mol. The number of nitrogens with zero attached hydrogens (tertiary/aromatic N) is 2. The summed E-state index contributed by atoms with van der Waals surface area (Å²) < 4.78 is 26.3. The van der Waals surface area contributed by atoms with E-state index < -0.39 is 5.72 Å². The molecule has 2 aromatic carbocycles. The SMILES string of the molecule is COc1cccc(F)c1CN1CC[C@@]23O[C@@H](c4ccccc4)CN2C(=O)C[C@@H]13. The van der Waals surface area contributed by atoms with Crippen molar-refractivity contribution in [3.05, 3.63) is 65.5 Å². The monoisotopic (exact) mass is 382 g/mol. The number of hydrogen-bond donors (Lipinski definition) is 0. The Balaban J connectivity index is 1.42. The van der Waals surface area contributed by atoms with E-state index in [2.05, 4.69) is 4.90 Å². The van der Waals surface area contributed by atoms with E-state index in [9.17, 15) is 9.18 Å². The zero-order valence-corrected chi connectivity index (χ0v) is 15.8. The number of carbonyl (C=O) groups is 1. The van der Waals surface area contributed by atoms with E-state index >= 15 is 0 Å². The Labute approximate surface area is 163 Å². The van der Waals surface area contributed by atoms with Gasteiger partial charge in [-0.05, 0) is 17.7 Å². The molecule has 3 saturated heterocycles. The summed E-state index contributed by atoms with van der Waals surface area (Å²) in [7, 11) is 1.55. The molecule has 28 heavy (non-hydrogen) atoms. The summed E-state index contributed by atoms with van der Waals surface area (Å²) in [6.07, 6.45) is 1.04. The number of methoxy groups -OCH3 is 1. The van der Waals surface area contributed by atoms with Gasteiger partial charge in [0.2, 0.25) is 5.91 Å². The molecule has 0 bridgehead atoms. The van der Waals surface area contributed by atoms with Gasteiger partial charge in [-0.3, -0.25) is 9.69 Å². The fraction of sp³-hybridized carbons (Fsp3) is 0.409. The minimum Gasteiger partial charge on any atom is -0.496 e. The second-order valence-corrected chi connectivity index (χ2v) is 7.73. The molecule has 146 valence electrons. The largest absolute Gasteiger partial charge is 0.496 e. The second-order valence-electron chi connectivity index (χ2n) is 7.73. The van der Waals surface area contributed by atoms with Crippen LogP contribution in [0.1, 0.15) is 30.1 Å². The normalized spacial score (nSPS) is 29.2. The molecule has 3 heterocycles. The van der Waals surface area contributed by atoms with Gasteiger partial charge in [0.05, 0.1) is 19.7 Å². The van der Waals surface area contributed by atoms with Crippen molar-refractivity contribution in [1.29, 1.82) is 0 Å². The number of benzene rings is 2. The van der Waals surface area contributed by atoms with E-state index in [0.29, 0.717) is 30.8 Å². The molecule has 0 saturated carbocycles. The first-order valence-corrected chi connectivity index (χ1v) is 9.71. The predicted octanol–water partition coefficient (Wildman–Crippen LogP) is 3.11. The van der Waals surface area contributed by atoms with E-state index in [4.69, 9.17) is 9.47 Å². The number of ether oxygens (including phenoxy) is 2. The Kier molecular flexibility index (Phi) is 4.14. The lowest BCUT2D eigenvalue weighted by Gasteiger charge is -2.32. The molecule has 0 aliphatic carbocycles. The molecule has 0 aromatic heterocycles. The molecule has 5 rings (SSSR count). The summed E-state index contributed by atoms with van der Waals surface area (Å²) >= 11 is 0. The van der Waals surface area contributed by atoms with Crippen LogP contribution in [0.5, 0.6) is 5.75 Å². The summed E-state index contributed by atoms with van der Waals surface area (Å²) in [5.74, 6) is 0.376. The highest BCUT2D eigenvalue weighted by Crippen LogP contribution is 2.51. The van der Waals surface area contributed by atoms with Gasteiger partial charge < -0.3 is 14.4 Å². The van der Waals surface area contributed by atoms with Crippen LogP contribution in [0.15, 0.2) is 48.5 Å². The maximum absolute atomic E-state index is 14.4. The molecule has 0 N–H and O–H groups in total. The minimum absolute atomic E-state index is 0.0713. The van der Waals surface area contributed by atoms with Gasteiger partial charge in [-0.1, -0.05) is 36.4 Å². The van der Waals surface area contributed by atoms with Crippen LogP contribution >= 0.6 is 0 Å². The molecule has 2 aromatic rings. The van der Waals surface area contributed by atoms with Crippen LogP contribution in [0, 0.1) is 5.82 Å². The van der Waals surface area contributed by atoms with Crippen molar-refractivity contribution in [1.82, 2.24) is 9.80 Å². The smallest absolute Gasteiger partial charge is 0.226 e. The molecule has 3 aliphatic rings. The molecule has 3 aliphatic heterocycles. The number of carbonyl (C=O) groups excluding carboxylic acids is 1. The highest BCUT2D eigenvalue weighted by molar-refractivity contribution is 5.81. The van der Waals surface area contributed by atoms with E-state index in [1.165, 1.54) is 6.07 Å². The van der Waals surface area contributed by atoms with E-state index in [-0.39, 0.29) is 23.9 Å². The Morgan fingerprint density at radius 2 is 2.04 bits per heavy atom. The van der Waals surface area contributed by atoms with Crippen molar-refractivity contribution in [2.45, 2.75) is 37.3 Å². The standard InChI is InChI=1S/C22H23FN2O3/c1-27-18-9-5-8-17(23)16(18)13-24-11-10-22-20(24)12-21(26)25(22)14-19(28-22)15-6-3-2-4-7-15/h2-9,19-20H,10-14H2,1H3/t19-,20-,22+/m1/s1. The second kappa shape index (κ2) is 6.57. The molecule has 3 fully saturated rings. The quantitative estimate of drug-likeness (QED) is 0.815. The molecule has 3 atom stereocenters. The van der Waals surface area contributed by atoms with Crippen molar-refractivity contribution in [2.24, 2.45) is 0 Å². The first-order valence-electron chi connectivity index (χ1n) is 9.71. The summed E-state index contributed by atoms with van der Waals surface area (Å²) in [6, 6.07) is 14.8. The third-order valence-corrected chi connectivity index (χ3v) is 6.37. The third kappa shape index (κ3) is 2.55. The first-order chi connectivity index (χ1) is 13.6. The topological polar surface area (TPSA) is 42.0 Å². The maximum atomic E-state index is 14.4. The van der Waals surface area contributed by atoms with Gasteiger partial charge in [0, 0.05) is 31.5 Å². The highest BCUT2D eigenvalue weighted by atomic mass is 19.1. The van der Waals surface area contributed by atoms with Crippen LogP contribution in [0.3, 0.4) is 0 Å². The Morgan fingerprint density at radius 1 is 1.21 bits per heavy atom. The average molecular weight is 382 g/mol. The summed E-state index contributed by atoms with van der Waals surface area (Å²) in [6.45, 7) is 1.74. The molecular formula is C22H23FN2O3. The number of halogens is 1. The van der Waals surface area contributed by atoms with Gasteiger partial charge >= 0.3 is 0 Å². The van der Waals surface area contributed by atoms with E-state index in [0.717, 1.165) is 18.5 Å². The summed E-state index contributed by atoms with van der Waals surface area (Å²) in [5.41, 5.74) is 1.02. The Morgan fingerprint density at radius 3 is 2.82 bits per heavy atom. The van der Waals surface area contributed by atoms with Crippen LogP contribution < -0.4 is 4.74 Å². The zero-order valence-electron chi connectivity index (χ0n) is 15.8. The number of rotatable bonds is 4. The molecule has 0 radical (unpaired) electrons. The van der Waals surface area contributed by atoms with Crippen molar-refractivity contribution in [3.8, 4) is 5.75 Å². The fourth-order valence-electron chi connectivity index (χ4n) is 5.03. The minimum atomic E-state index is -0.601.